The molecule has 2 atom stereocenters. The third-order valence-corrected chi connectivity index (χ3v) is 3.10. The highest BCUT2D eigenvalue weighted by molar-refractivity contribution is 5.61. The highest BCUT2D eigenvalue weighted by atomic mass is 16.5. The van der Waals surface area contributed by atoms with Gasteiger partial charge < -0.3 is 20.5 Å². The van der Waals surface area contributed by atoms with E-state index in [4.69, 9.17) is 15.2 Å². The van der Waals surface area contributed by atoms with Gasteiger partial charge in [0.15, 0.2) is 0 Å². The maximum absolute atomic E-state index is 5.90. The molecule has 1 aliphatic rings. The number of benzene rings is 1. The lowest BCUT2D eigenvalue weighted by Gasteiger charge is -2.19. The number of nitrogens with one attached hydrogen (secondary N) is 1. The topological polar surface area (TPSA) is 56.5 Å². The smallest absolute Gasteiger partial charge is 0.144 e. The van der Waals surface area contributed by atoms with E-state index in [0.29, 0.717) is 11.7 Å². The third-order valence-electron chi connectivity index (χ3n) is 3.10. The normalized spacial score (nSPS) is 23.3. The van der Waals surface area contributed by atoms with Crippen molar-refractivity contribution in [2.45, 2.75) is 45.4 Å². The van der Waals surface area contributed by atoms with E-state index < -0.39 is 0 Å². The van der Waals surface area contributed by atoms with E-state index in [1.165, 1.54) is 0 Å². The predicted octanol–water partition coefficient (Wildman–Crippen LogP) is 2.65. The summed E-state index contributed by atoms with van der Waals surface area (Å²) in [6.07, 6.45) is 1.40. The van der Waals surface area contributed by atoms with E-state index in [9.17, 15) is 0 Å². The van der Waals surface area contributed by atoms with Crippen LogP contribution in [0.3, 0.4) is 0 Å². The van der Waals surface area contributed by atoms with E-state index in [-0.39, 0.29) is 12.2 Å². The molecule has 100 valence electrons. The quantitative estimate of drug-likeness (QED) is 0.807. The van der Waals surface area contributed by atoms with E-state index >= 15 is 0 Å². The maximum Gasteiger partial charge on any atom is 0.144 e. The minimum Gasteiger partial charge on any atom is -0.489 e. The van der Waals surface area contributed by atoms with Gasteiger partial charge >= 0.3 is 0 Å². The molecule has 4 heteroatoms. The van der Waals surface area contributed by atoms with Crippen LogP contribution < -0.4 is 15.8 Å². The molecular formula is C14H22N2O2. The van der Waals surface area contributed by atoms with Gasteiger partial charge in [-0.2, -0.15) is 0 Å². The lowest BCUT2D eigenvalue weighted by Crippen LogP contribution is -2.26. The van der Waals surface area contributed by atoms with Crippen molar-refractivity contribution in [3.63, 3.8) is 0 Å². The monoisotopic (exact) mass is 250 g/mol. The van der Waals surface area contributed by atoms with Crippen molar-refractivity contribution in [2.24, 2.45) is 0 Å². The number of hydrogen-bond donors (Lipinski definition) is 2. The van der Waals surface area contributed by atoms with E-state index in [1.54, 1.807) is 0 Å². The zero-order valence-electron chi connectivity index (χ0n) is 11.3. The number of anilines is 2. The molecular weight excluding hydrogens is 228 g/mol. The molecule has 2 unspecified atom stereocenters. The summed E-state index contributed by atoms with van der Waals surface area (Å²) in [5.74, 6) is 0.738. The summed E-state index contributed by atoms with van der Waals surface area (Å²) in [7, 11) is 0. The Labute approximate surface area is 108 Å². The van der Waals surface area contributed by atoms with Crippen molar-refractivity contribution in [2.75, 3.05) is 17.7 Å². The first kappa shape index (κ1) is 13.0. The van der Waals surface area contributed by atoms with Gasteiger partial charge in [0.25, 0.3) is 0 Å². The molecule has 1 aromatic carbocycles. The second-order valence-corrected chi connectivity index (χ2v) is 5.03. The summed E-state index contributed by atoms with van der Waals surface area (Å²) in [6.45, 7) is 6.90. The van der Waals surface area contributed by atoms with Crippen molar-refractivity contribution in [3.05, 3.63) is 18.2 Å². The van der Waals surface area contributed by atoms with Crippen LogP contribution in [0.2, 0.25) is 0 Å². The van der Waals surface area contributed by atoms with Crippen molar-refractivity contribution in [1.29, 1.82) is 0 Å². The van der Waals surface area contributed by atoms with Crippen LogP contribution in [0.1, 0.15) is 27.2 Å². The first-order valence-corrected chi connectivity index (χ1v) is 6.50. The first-order chi connectivity index (χ1) is 8.56. The van der Waals surface area contributed by atoms with Crippen molar-refractivity contribution in [1.82, 2.24) is 0 Å². The molecule has 0 amide bonds. The fraction of sp³-hybridized carbons (Fsp3) is 0.571. The molecule has 0 aliphatic carbocycles. The molecule has 0 saturated carbocycles. The molecule has 18 heavy (non-hydrogen) atoms. The van der Waals surface area contributed by atoms with Gasteiger partial charge in [-0.25, -0.2) is 0 Å². The Kier molecular flexibility index (Phi) is 3.97. The summed E-state index contributed by atoms with van der Waals surface area (Å²) >= 11 is 0. The van der Waals surface area contributed by atoms with E-state index in [0.717, 1.165) is 24.5 Å². The van der Waals surface area contributed by atoms with Crippen LogP contribution in [0.25, 0.3) is 0 Å². The average molecular weight is 250 g/mol. The Hall–Kier alpha value is -1.42. The number of rotatable bonds is 4. The zero-order valence-corrected chi connectivity index (χ0v) is 11.3. The molecule has 1 aliphatic heterocycles. The second kappa shape index (κ2) is 5.48. The summed E-state index contributed by atoms with van der Waals surface area (Å²) < 4.78 is 11.2. The second-order valence-electron chi connectivity index (χ2n) is 5.03. The lowest BCUT2D eigenvalue weighted by molar-refractivity contribution is 0.121. The van der Waals surface area contributed by atoms with Crippen LogP contribution in [0.5, 0.6) is 5.75 Å². The fourth-order valence-corrected chi connectivity index (χ4v) is 2.12. The van der Waals surface area contributed by atoms with Gasteiger partial charge in [-0.15, -0.1) is 0 Å². The number of nitrogens with two attached hydrogens (primary N) is 1. The molecule has 1 saturated heterocycles. The van der Waals surface area contributed by atoms with Gasteiger partial charge in [0.05, 0.1) is 23.9 Å². The molecule has 1 fully saturated rings. The molecule has 0 radical (unpaired) electrons. The Morgan fingerprint density at radius 1 is 1.44 bits per heavy atom. The highest BCUT2D eigenvalue weighted by Crippen LogP contribution is 2.28. The Balaban J connectivity index is 2.09. The molecule has 0 aromatic heterocycles. The van der Waals surface area contributed by atoms with Gasteiger partial charge in [0, 0.05) is 18.4 Å². The molecule has 4 nitrogen and oxygen atoms in total. The lowest BCUT2D eigenvalue weighted by atomic mass is 10.1. The van der Waals surface area contributed by atoms with Crippen LogP contribution in [0.4, 0.5) is 11.4 Å². The first-order valence-electron chi connectivity index (χ1n) is 6.50. The SMILES string of the molecule is CC(C)Oc1cc(NC2CCOC2C)ccc1N. The average Bonchev–Trinajstić information content (AvgIpc) is 2.69. The van der Waals surface area contributed by atoms with Crippen molar-refractivity contribution < 1.29 is 9.47 Å². The Morgan fingerprint density at radius 3 is 2.83 bits per heavy atom. The van der Waals surface area contributed by atoms with E-state index in [2.05, 4.69) is 12.2 Å². The minimum absolute atomic E-state index is 0.122. The van der Waals surface area contributed by atoms with Crippen LogP contribution in [-0.4, -0.2) is 24.9 Å². The van der Waals surface area contributed by atoms with Crippen LogP contribution >= 0.6 is 0 Å². The number of hydrogen-bond acceptors (Lipinski definition) is 4. The van der Waals surface area contributed by atoms with Crippen LogP contribution in [-0.2, 0) is 4.74 Å². The van der Waals surface area contributed by atoms with Gasteiger partial charge in [0.2, 0.25) is 0 Å². The molecule has 1 heterocycles. The molecule has 0 bridgehead atoms. The Morgan fingerprint density at radius 2 is 2.22 bits per heavy atom. The summed E-state index contributed by atoms with van der Waals surface area (Å²) in [4.78, 5) is 0. The molecule has 2 rings (SSSR count). The summed E-state index contributed by atoms with van der Waals surface area (Å²) in [5, 5.41) is 3.47. The zero-order chi connectivity index (χ0) is 13.1. The van der Waals surface area contributed by atoms with Crippen LogP contribution in [0, 0.1) is 0 Å². The van der Waals surface area contributed by atoms with E-state index in [1.807, 2.05) is 32.0 Å². The van der Waals surface area contributed by atoms with Gasteiger partial charge in [-0.3, -0.25) is 0 Å². The predicted molar refractivity (Wildman–Crippen MR) is 74.1 cm³/mol. The number of nitrogen functional groups attached to an aromatic ring is 1. The van der Waals surface area contributed by atoms with Crippen molar-refractivity contribution in [3.8, 4) is 5.75 Å². The van der Waals surface area contributed by atoms with Gasteiger partial charge in [-0.1, -0.05) is 0 Å². The minimum atomic E-state index is 0.122. The van der Waals surface area contributed by atoms with Gasteiger partial charge in [0.1, 0.15) is 5.75 Å². The highest BCUT2D eigenvalue weighted by Gasteiger charge is 2.23. The third kappa shape index (κ3) is 3.07. The Bertz CT molecular complexity index is 407. The summed E-state index contributed by atoms with van der Waals surface area (Å²) in [6, 6.07) is 6.18. The van der Waals surface area contributed by atoms with Crippen LogP contribution in [0.15, 0.2) is 18.2 Å². The summed E-state index contributed by atoms with van der Waals surface area (Å²) in [5.41, 5.74) is 7.60. The van der Waals surface area contributed by atoms with Gasteiger partial charge in [-0.05, 0) is 39.3 Å². The molecule has 1 aromatic rings. The molecule has 0 spiro atoms. The molecule has 3 N–H and O–H groups in total. The van der Waals surface area contributed by atoms with Crippen molar-refractivity contribution >= 4 is 11.4 Å². The maximum atomic E-state index is 5.90. The fourth-order valence-electron chi connectivity index (χ4n) is 2.12. The largest absolute Gasteiger partial charge is 0.489 e. The number of ether oxygens (including phenoxy) is 2. The standard InChI is InChI=1S/C14H22N2O2/c1-9(2)18-14-8-11(4-5-12(14)15)16-13-6-7-17-10(13)3/h4-5,8-10,13,16H,6-7,15H2,1-3H3.